The second-order valence-electron chi connectivity index (χ2n) is 9.00. The molecule has 0 saturated carbocycles. The van der Waals surface area contributed by atoms with Gasteiger partial charge in [-0.25, -0.2) is 4.98 Å². The zero-order valence-electron chi connectivity index (χ0n) is 18.3. The van der Waals surface area contributed by atoms with E-state index in [-0.39, 0.29) is 11.8 Å². The summed E-state index contributed by atoms with van der Waals surface area (Å²) in [5.41, 5.74) is 0. The SMILES string of the molecule is CC1CCN(C(CNC(=O)C2CCN(Cc3nccn3C)CC2)c2cccs2)CC1. The van der Waals surface area contributed by atoms with Crippen LogP contribution in [0.25, 0.3) is 0 Å². The lowest BCUT2D eigenvalue weighted by molar-refractivity contribution is -0.126. The largest absolute Gasteiger partial charge is 0.354 e. The Morgan fingerprint density at radius 3 is 2.63 bits per heavy atom. The first kappa shape index (κ1) is 21.5. The quantitative estimate of drug-likeness (QED) is 0.734. The zero-order valence-corrected chi connectivity index (χ0v) is 19.1. The van der Waals surface area contributed by atoms with Gasteiger partial charge in [0.05, 0.1) is 12.6 Å². The molecule has 1 atom stereocenters. The minimum absolute atomic E-state index is 0.132. The van der Waals surface area contributed by atoms with Crippen molar-refractivity contribution in [3.8, 4) is 0 Å². The molecule has 2 fully saturated rings. The maximum absolute atomic E-state index is 12.9. The fraction of sp³-hybridized carbons (Fsp3) is 0.652. The minimum Gasteiger partial charge on any atom is -0.354 e. The number of amides is 1. The molecule has 164 valence electrons. The van der Waals surface area contributed by atoms with Crippen LogP contribution in [0.3, 0.4) is 0 Å². The highest BCUT2D eigenvalue weighted by molar-refractivity contribution is 7.10. The van der Waals surface area contributed by atoms with Gasteiger partial charge in [-0.15, -0.1) is 11.3 Å². The number of nitrogens with zero attached hydrogens (tertiary/aromatic N) is 4. The van der Waals surface area contributed by atoms with Crippen LogP contribution in [0.1, 0.15) is 49.4 Å². The number of imidazole rings is 1. The molecule has 1 N–H and O–H groups in total. The van der Waals surface area contributed by atoms with Gasteiger partial charge in [-0.2, -0.15) is 0 Å². The average Bonchev–Trinajstić information content (AvgIpc) is 3.42. The monoisotopic (exact) mass is 429 g/mol. The number of likely N-dealkylation sites (tertiary alicyclic amines) is 2. The normalized spacial score (nSPS) is 21.0. The Kier molecular flexibility index (Phi) is 7.23. The molecule has 4 rings (SSSR count). The lowest BCUT2D eigenvalue weighted by Crippen LogP contribution is -2.45. The molecule has 0 aromatic carbocycles. The predicted molar refractivity (Wildman–Crippen MR) is 121 cm³/mol. The first-order chi connectivity index (χ1) is 14.6. The Labute approximate surface area is 184 Å². The van der Waals surface area contributed by atoms with Gasteiger partial charge in [0, 0.05) is 36.8 Å². The van der Waals surface area contributed by atoms with E-state index in [9.17, 15) is 4.79 Å². The predicted octanol–water partition coefficient (Wildman–Crippen LogP) is 3.28. The van der Waals surface area contributed by atoms with E-state index in [0.29, 0.717) is 6.04 Å². The van der Waals surface area contributed by atoms with Crippen molar-refractivity contribution in [1.82, 2.24) is 24.7 Å². The van der Waals surface area contributed by atoms with Crippen molar-refractivity contribution in [2.75, 3.05) is 32.7 Å². The van der Waals surface area contributed by atoms with E-state index < -0.39 is 0 Å². The number of aryl methyl sites for hydroxylation is 1. The van der Waals surface area contributed by atoms with Crippen LogP contribution in [-0.4, -0.2) is 58.0 Å². The molecular formula is C23H35N5OS. The number of aromatic nitrogens is 2. The molecule has 0 spiro atoms. The summed E-state index contributed by atoms with van der Waals surface area (Å²) in [6.45, 7) is 8.12. The molecule has 2 aromatic heterocycles. The fourth-order valence-corrected chi connectivity index (χ4v) is 5.54. The maximum atomic E-state index is 12.9. The Morgan fingerprint density at radius 1 is 1.23 bits per heavy atom. The van der Waals surface area contributed by atoms with Crippen molar-refractivity contribution >= 4 is 17.2 Å². The van der Waals surface area contributed by atoms with Gasteiger partial charge in [0.2, 0.25) is 5.91 Å². The summed E-state index contributed by atoms with van der Waals surface area (Å²) in [7, 11) is 2.04. The smallest absolute Gasteiger partial charge is 0.223 e. The number of carbonyl (C=O) groups excluding carboxylic acids is 1. The van der Waals surface area contributed by atoms with Crippen LogP contribution in [0.4, 0.5) is 0 Å². The molecule has 2 saturated heterocycles. The molecule has 4 heterocycles. The molecule has 30 heavy (non-hydrogen) atoms. The van der Waals surface area contributed by atoms with Crippen LogP contribution >= 0.6 is 11.3 Å². The molecule has 6 nitrogen and oxygen atoms in total. The van der Waals surface area contributed by atoms with E-state index in [2.05, 4.69) is 49.1 Å². The number of thiophene rings is 1. The summed E-state index contributed by atoms with van der Waals surface area (Å²) in [6, 6.07) is 4.65. The minimum atomic E-state index is 0.132. The van der Waals surface area contributed by atoms with Crippen LogP contribution in [-0.2, 0) is 18.4 Å². The Morgan fingerprint density at radius 2 is 2.00 bits per heavy atom. The molecule has 2 aliphatic rings. The molecule has 7 heteroatoms. The summed E-state index contributed by atoms with van der Waals surface area (Å²) in [5.74, 6) is 2.27. The standard InChI is InChI=1S/C23H35N5OS/c1-18-5-12-28(13-6-18)20(21-4-3-15-30-21)16-25-23(29)19-7-10-27(11-8-19)17-22-24-9-14-26(22)2/h3-4,9,14-15,18-20H,5-8,10-13,16-17H2,1-2H3,(H,25,29). The molecule has 1 unspecified atom stereocenters. The van der Waals surface area contributed by atoms with Crippen LogP contribution in [0.5, 0.6) is 0 Å². The fourth-order valence-electron chi connectivity index (χ4n) is 4.67. The van der Waals surface area contributed by atoms with Gasteiger partial charge in [0.25, 0.3) is 0 Å². The summed E-state index contributed by atoms with van der Waals surface area (Å²) in [6.07, 6.45) is 8.21. The summed E-state index contributed by atoms with van der Waals surface area (Å²) in [4.78, 5) is 23.7. The van der Waals surface area contributed by atoms with Crippen molar-refractivity contribution in [3.05, 3.63) is 40.6 Å². The lowest BCUT2D eigenvalue weighted by atomic mass is 9.95. The van der Waals surface area contributed by atoms with Gasteiger partial charge in [-0.1, -0.05) is 13.0 Å². The lowest BCUT2D eigenvalue weighted by Gasteiger charge is -2.37. The van der Waals surface area contributed by atoms with E-state index in [0.717, 1.165) is 63.9 Å². The molecule has 2 aliphatic heterocycles. The zero-order chi connectivity index (χ0) is 20.9. The number of hydrogen-bond donors (Lipinski definition) is 1. The Balaban J connectivity index is 1.27. The van der Waals surface area contributed by atoms with Gasteiger partial charge in [-0.3, -0.25) is 14.6 Å². The third-order valence-corrected chi connectivity index (χ3v) is 7.82. The van der Waals surface area contributed by atoms with Crippen molar-refractivity contribution in [2.45, 2.75) is 45.2 Å². The molecule has 0 aliphatic carbocycles. The summed E-state index contributed by atoms with van der Waals surface area (Å²) >= 11 is 1.81. The van der Waals surface area contributed by atoms with E-state index >= 15 is 0 Å². The number of rotatable bonds is 7. The van der Waals surface area contributed by atoms with Gasteiger partial charge in [-0.05, 0) is 69.2 Å². The van der Waals surface area contributed by atoms with E-state index in [1.54, 1.807) is 0 Å². The Hall–Kier alpha value is -1.70. The maximum Gasteiger partial charge on any atom is 0.223 e. The number of hydrogen-bond acceptors (Lipinski definition) is 5. The van der Waals surface area contributed by atoms with Crippen molar-refractivity contribution in [3.63, 3.8) is 0 Å². The van der Waals surface area contributed by atoms with E-state index in [1.165, 1.54) is 17.7 Å². The van der Waals surface area contributed by atoms with Gasteiger partial charge >= 0.3 is 0 Å². The highest BCUT2D eigenvalue weighted by Gasteiger charge is 2.29. The van der Waals surface area contributed by atoms with Crippen molar-refractivity contribution in [1.29, 1.82) is 0 Å². The average molecular weight is 430 g/mol. The highest BCUT2D eigenvalue weighted by atomic mass is 32.1. The second-order valence-corrected chi connectivity index (χ2v) is 9.98. The summed E-state index contributed by atoms with van der Waals surface area (Å²) in [5, 5.41) is 5.46. The van der Waals surface area contributed by atoms with Crippen molar-refractivity contribution < 1.29 is 4.79 Å². The molecule has 2 aromatic rings. The molecule has 0 bridgehead atoms. The first-order valence-corrected chi connectivity index (χ1v) is 12.2. The topological polar surface area (TPSA) is 53.4 Å². The first-order valence-electron chi connectivity index (χ1n) is 11.3. The number of nitrogens with one attached hydrogen (secondary N) is 1. The summed E-state index contributed by atoms with van der Waals surface area (Å²) < 4.78 is 2.07. The highest BCUT2D eigenvalue weighted by Crippen LogP contribution is 2.29. The van der Waals surface area contributed by atoms with Crippen LogP contribution in [0.15, 0.2) is 29.9 Å². The van der Waals surface area contributed by atoms with Gasteiger partial charge < -0.3 is 9.88 Å². The third-order valence-electron chi connectivity index (χ3n) is 6.84. The molecule has 0 radical (unpaired) electrons. The Bertz CT molecular complexity index is 788. The van der Waals surface area contributed by atoms with Gasteiger partial charge in [0.1, 0.15) is 5.82 Å². The van der Waals surface area contributed by atoms with Crippen LogP contribution < -0.4 is 5.32 Å². The van der Waals surface area contributed by atoms with Crippen molar-refractivity contribution in [2.24, 2.45) is 18.9 Å². The van der Waals surface area contributed by atoms with Crippen LogP contribution in [0.2, 0.25) is 0 Å². The number of carbonyl (C=O) groups is 1. The number of piperidine rings is 2. The van der Waals surface area contributed by atoms with Gasteiger partial charge in [0.15, 0.2) is 0 Å². The molecular weight excluding hydrogens is 394 g/mol. The second kappa shape index (κ2) is 10.1. The third kappa shape index (κ3) is 5.31. The van der Waals surface area contributed by atoms with E-state index in [4.69, 9.17) is 0 Å². The molecule has 1 amide bonds. The van der Waals surface area contributed by atoms with E-state index in [1.807, 2.05) is 30.8 Å². The van der Waals surface area contributed by atoms with Crippen LogP contribution in [0, 0.1) is 11.8 Å².